The van der Waals surface area contributed by atoms with Gasteiger partial charge < -0.3 is 0 Å². The molecule has 0 radical (unpaired) electrons. The lowest BCUT2D eigenvalue weighted by Gasteiger charge is -2.32. The number of thioether (sulfide) groups is 1. The van der Waals surface area contributed by atoms with E-state index in [0.29, 0.717) is 38.1 Å². The molecule has 2 fully saturated rings. The van der Waals surface area contributed by atoms with Gasteiger partial charge in [-0.1, -0.05) is 0 Å². The second-order valence-corrected chi connectivity index (χ2v) is 9.80. The predicted octanol–water partition coefficient (Wildman–Crippen LogP) is 3.22. The molecule has 0 atom stereocenters. The van der Waals surface area contributed by atoms with Gasteiger partial charge in [0.15, 0.2) is 0 Å². The fraction of sp³-hybridized carbons (Fsp3) is 1.00. The van der Waals surface area contributed by atoms with Crippen molar-refractivity contribution in [2.24, 2.45) is 11.8 Å². The van der Waals surface area contributed by atoms with Crippen molar-refractivity contribution in [2.45, 2.75) is 50.2 Å². The molecule has 0 bridgehead atoms. The molecular weight excluding hydrogens is 316 g/mol. The van der Waals surface area contributed by atoms with Gasteiger partial charge in [0.25, 0.3) is 0 Å². The summed E-state index contributed by atoms with van der Waals surface area (Å²) >= 11 is 1.93. The Morgan fingerprint density at radius 3 is 2.19 bits per heavy atom. The highest BCUT2D eigenvalue weighted by atomic mass is 32.2. The van der Waals surface area contributed by atoms with Crippen LogP contribution in [0.4, 0.5) is 8.78 Å². The number of hydrogen-bond donors (Lipinski definition) is 0. The van der Waals surface area contributed by atoms with E-state index in [0.717, 1.165) is 24.3 Å². The van der Waals surface area contributed by atoms with Crippen LogP contribution in [0.25, 0.3) is 0 Å². The van der Waals surface area contributed by atoms with E-state index in [-0.39, 0.29) is 0 Å². The van der Waals surface area contributed by atoms with Gasteiger partial charge in [-0.15, -0.1) is 0 Å². The topological polar surface area (TPSA) is 37.4 Å². The van der Waals surface area contributed by atoms with Crippen LogP contribution in [-0.4, -0.2) is 49.5 Å². The molecule has 0 unspecified atom stereocenters. The Labute approximate surface area is 130 Å². The molecule has 2 rings (SSSR count). The SMILES string of the molecule is CN(CC1CCSCC1)S(=O)(=O)C1CCC(C(F)F)CC1. The van der Waals surface area contributed by atoms with Crippen molar-refractivity contribution in [2.75, 3.05) is 25.1 Å². The van der Waals surface area contributed by atoms with Gasteiger partial charge in [0.1, 0.15) is 0 Å². The van der Waals surface area contributed by atoms with E-state index >= 15 is 0 Å². The predicted molar refractivity (Wildman–Crippen MR) is 83.3 cm³/mol. The molecule has 124 valence electrons. The fourth-order valence-electron chi connectivity index (χ4n) is 3.29. The summed E-state index contributed by atoms with van der Waals surface area (Å²) in [6.45, 7) is 0.581. The second kappa shape index (κ2) is 7.59. The molecule has 0 N–H and O–H groups in total. The van der Waals surface area contributed by atoms with E-state index in [1.165, 1.54) is 4.31 Å². The van der Waals surface area contributed by atoms with Crippen molar-refractivity contribution >= 4 is 21.8 Å². The summed E-state index contributed by atoms with van der Waals surface area (Å²) < 4.78 is 51.9. The van der Waals surface area contributed by atoms with Crippen LogP contribution in [0.2, 0.25) is 0 Å². The monoisotopic (exact) mass is 341 g/mol. The first-order valence-electron chi connectivity index (χ1n) is 7.72. The third-order valence-corrected chi connectivity index (χ3v) is 8.17. The number of hydrogen-bond acceptors (Lipinski definition) is 3. The Hall–Kier alpha value is 0.120. The van der Waals surface area contributed by atoms with Crippen molar-refractivity contribution in [3.05, 3.63) is 0 Å². The molecule has 21 heavy (non-hydrogen) atoms. The third-order valence-electron chi connectivity index (χ3n) is 4.79. The van der Waals surface area contributed by atoms with Crippen LogP contribution in [0.1, 0.15) is 38.5 Å². The maximum atomic E-state index is 12.6. The van der Waals surface area contributed by atoms with Crippen molar-refractivity contribution < 1.29 is 17.2 Å². The molecule has 0 spiro atoms. The van der Waals surface area contributed by atoms with Gasteiger partial charge in [-0.2, -0.15) is 11.8 Å². The summed E-state index contributed by atoms with van der Waals surface area (Å²) in [5, 5.41) is -0.463. The summed E-state index contributed by atoms with van der Waals surface area (Å²) in [7, 11) is -1.68. The largest absolute Gasteiger partial charge is 0.241 e. The molecule has 0 aromatic carbocycles. The van der Waals surface area contributed by atoms with Gasteiger partial charge in [0, 0.05) is 19.5 Å². The quantitative estimate of drug-likeness (QED) is 0.770. The van der Waals surface area contributed by atoms with E-state index in [1.54, 1.807) is 7.05 Å². The van der Waals surface area contributed by atoms with Crippen molar-refractivity contribution in [3.63, 3.8) is 0 Å². The Morgan fingerprint density at radius 2 is 1.67 bits per heavy atom. The van der Waals surface area contributed by atoms with Crippen LogP contribution in [0.3, 0.4) is 0 Å². The van der Waals surface area contributed by atoms with E-state index in [4.69, 9.17) is 0 Å². The lowest BCUT2D eigenvalue weighted by Crippen LogP contribution is -2.41. The van der Waals surface area contributed by atoms with E-state index in [9.17, 15) is 17.2 Å². The molecule has 1 saturated carbocycles. The number of nitrogens with zero attached hydrogens (tertiary/aromatic N) is 1. The maximum Gasteiger partial charge on any atom is 0.241 e. The molecule has 0 amide bonds. The molecule has 1 aliphatic heterocycles. The number of halogens is 2. The molecule has 3 nitrogen and oxygen atoms in total. The zero-order valence-corrected chi connectivity index (χ0v) is 14.1. The summed E-state index contributed by atoms with van der Waals surface area (Å²) in [6.07, 6.45) is 1.24. The highest BCUT2D eigenvalue weighted by Gasteiger charge is 2.36. The molecule has 0 aromatic heterocycles. The van der Waals surface area contributed by atoms with Gasteiger partial charge in [-0.25, -0.2) is 21.5 Å². The Kier molecular flexibility index (Phi) is 6.32. The van der Waals surface area contributed by atoms with Gasteiger partial charge in [0.2, 0.25) is 16.4 Å². The summed E-state index contributed by atoms with van der Waals surface area (Å²) in [4.78, 5) is 0. The zero-order valence-electron chi connectivity index (χ0n) is 12.5. The minimum atomic E-state index is -3.33. The number of rotatable bonds is 5. The zero-order chi connectivity index (χ0) is 15.5. The average molecular weight is 341 g/mol. The van der Waals surface area contributed by atoms with Crippen LogP contribution in [-0.2, 0) is 10.0 Å². The summed E-state index contributed by atoms with van der Waals surface area (Å²) in [5.74, 6) is 2.05. The first-order chi connectivity index (χ1) is 9.91. The number of alkyl halides is 2. The molecular formula is C14H25F2NO2S2. The van der Waals surface area contributed by atoms with E-state index in [1.807, 2.05) is 11.8 Å². The molecule has 1 aliphatic carbocycles. The minimum Gasteiger partial charge on any atom is -0.212 e. The molecule has 0 aromatic rings. The fourth-order valence-corrected chi connectivity index (χ4v) is 6.29. The van der Waals surface area contributed by atoms with Crippen LogP contribution >= 0.6 is 11.8 Å². The van der Waals surface area contributed by atoms with Crippen molar-refractivity contribution in [1.82, 2.24) is 4.31 Å². The van der Waals surface area contributed by atoms with Crippen LogP contribution in [0, 0.1) is 11.8 Å². The molecule has 2 aliphatic rings. The van der Waals surface area contributed by atoms with E-state index in [2.05, 4.69) is 0 Å². The maximum absolute atomic E-state index is 12.6. The molecule has 7 heteroatoms. The molecule has 1 saturated heterocycles. The summed E-state index contributed by atoms with van der Waals surface area (Å²) in [5.41, 5.74) is 0. The van der Waals surface area contributed by atoms with Gasteiger partial charge >= 0.3 is 0 Å². The smallest absolute Gasteiger partial charge is 0.212 e. The standard InChI is InChI=1S/C14H25F2NO2S2/c1-17(10-11-6-8-20-9-7-11)21(18,19)13-4-2-12(3-5-13)14(15)16/h11-14H,2-10H2,1H3. The second-order valence-electron chi connectivity index (χ2n) is 6.25. The van der Waals surface area contributed by atoms with Crippen LogP contribution in [0.5, 0.6) is 0 Å². The normalized spacial score (nSPS) is 29.2. The lowest BCUT2D eigenvalue weighted by molar-refractivity contribution is 0.0565. The third kappa shape index (κ3) is 4.55. The van der Waals surface area contributed by atoms with Crippen molar-refractivity contribution in [3.8, 4) is 0 Å². The number of sulfonamides is 1. The Balaban J connectivity index is 1.88. The van der Waals surface area contributed by atoms with Crippen LogP contribution < -0.4 is 0 Å². The Morgan fingerprint density at radius 1 is 1.10 bits per heavy atom. The first-order valence-corrected chi connectivity index (χ1v) is 10.4. The average Bonchev–Trinajstić information content (AvgIpc) is 2.48. The van der Waals surface area contributed by atoms with Gasteiger partial charge in [-0.3, -0.25) is 0 Å². The van der Waals surface area contributed by atoms with Crippen LogP contribution in [0.15, 0.2) is 0 Å². The highest BCUT2D eigenvalue weighted by molar-refractivity contribution is 7.99. The first kappa shape index (κ1) is 17.5. The van der Waals surface area contributed by atoms with Gasteiger partial charge in [0.05, 0.1) is 5.25 Å². The van der Waals surface area contributed by atoms with Crippen molar-refractivity contribution in [1.29, 1.82) is 0 Å². The Bertz CT molecular complexity index is 417. The van der Waals surface area contributed by atoms with Gasteiger partial charge in [-0.05, 0) is 55.9 Å². The molecule has 1 heterocycles. The summed E-state index contributed by atoms with van der Waals surface area (Å²) in [6, 6.07) is 0. The highest BCUT2D eigenvalue weighted by Crippen LogP contribution is 2.33. The van der Waals surface area contributed by atoms with E-state index < -0.39 is 27.6 Å². The minimum absolute atomic E-state index is 0.329. The lowest BCUT2D eigenvalue weighted by atomic mass is 9.89.